The van der Waals surface area contributed by atoms with Crippen LogP contribution in [0, 0.1) is 0 Å². The molecule has 1 atom stereocenters. The molecule has 6 nitrogen and oxygen atoms in total. The van der Waals surface area contributed by atoms with Crippen molar-refractivity contribution in [1.29, 1.82) is 0 Å². The molecule has 2 aliphatic rings. The molecule has 0 bridgehead atoms. The number of nitrogens with one attached hydrogen (secondary N) is 2. The van der Waals surface area contributed by atoms with Crippen LogP contribution in [0.1, 0.15) is 64.3 Å². The molecule has 0 aromatic carbocycles. The highest BCUT2D eigenvalue weighted by molar-refractivity contribution is 8.00. The summed E-state index contributed by atoms with van der Waals surface area (Å²) in [5.74, 6) is 0.0506. The van der Waals surface area contributed by atoms with Crippen LogP contribution in [0.2, 0.25) is 0 Å². The first-order valence-corrected chi connectivity index (χ1v) is 9.17. The van der Waals surface area contributed by atoms with Gasteiger partial charge >= 0.3 is 5.69 Å². The van der Waals surface area contributed by atoms with Crippen LogP contribution in [0.3, 0.4) is 0 Å². The van der Waals surface area contributed by atoms with Gasteiger partial charge in [-0.05, 0) is 32.6 Å². The lowest BCUT2D eigenvalue weighted by Gasteiger charge is -2.19. The van der Waals surface area contributed by atoms with Crippen LogP contribution in [0.4, 0.5) is 0 Å². The minimum absolute atomic E-state index is 0.0506. The van der Waals surface area contributed by atoms with Crippen molar-refractivity contribution in [3.63, 3.8) is 0 Å². The van der Waals surface area contributed by atoms with Crippen LogP contribution in [0.15, 0.2) is 9.95 Å². The number of rotatable bonds is 5. The molecule has 0 unspecified atom stereocenters. The standard InChI is InChI=1S/C15H24N4O2S/c1-10(13(20)16-11-6-4-2-3-5-7-11)22-15-18-17-14(21)19(15)12-8-9-12/h10-12H,2-9H2,1H3,(H,16,20)(H,17,21)/t10-/m1/s1. The third-order valence-electron chi connectivity index (χ3n) is 4.44. The Labute approximate surface area is 134 Å². The minimum atomic E-state index is -0.240. The van der Waals surface area contributed by atoms with E-state index in [-0.39, 0.29) is 22.9 Å². The van der Waals surface area contributed by atoms with Crippen molar-refractivity contribution in [1.82, 2.24) is 20.1 Å². The van der Waals surface area contributed by atoms with Crippen molar-refractivity contribution in [3.05, 3.63) is 10.5 Å². The smallest absolute Gasteiger partial charge is 0.344 e. The maximum atomic E-state index is 12.4. The fourth-order valence-electron chi connectivity index (χ4n) is 2.98. The molecule has 2 aliphatic carbocycles. The molecular formula is C15H24N4O2S. The molecule has 1 heterocycles. The van der Waals surface area contributed by atoms with E-state index in [0.29, 0.717) is 11.2 Å². The first-order valence-electron chi connectivity index (χ1n) is 8.29. The Balaban J connectivity index is 1.58. The lowest BCUT2D eigenvalue weighted by Crippen LogP contribution is -2.39. The summed E-state index contributed by atoms with van der Waals surface area (Å²) in [6.07, 6.45) is 9.16. The van der Waals surface area contributed by atoms with Crippen LogP contribution in [-0.2, 0) is 4.79 Å². The molecule has 2 saturated carbocycles. The normalized spacial score (nSPS) is 21.3. The summed E-state index contributed by atoms with van der Waals surface area (Å²) in [6.45, 7) is 1.88. The van der Waals surface area contributed by atoms with Gasteiger partial charge < -0.3 is 5.32 Å². The average Bonchev–Trinajstić information content (AvgIpc) is 3.29. The second-order valence-electron chi connectivity index (χ2n) is 6.37. The summed E-state index contributed by atoms with van der Waals surface area (Å²) in [6, 6.07) is 0.578. The number of amides is 1. The van der Waals surface area contributed by atoms with Crippen LogP contribution in [0.5, 0.6) is 0 Å². The van der Waals surface area contributed by atoms with Gasteiger partial charge in [-0.2, -0.15) is 0 Å². The molecule has 2 N–H and O–H groups in total. The second kappa shape index (κ2) is 6.89. The summed E-state index contributed by atoms with van der Waals surface area (Å²) in [4.78, 5) is 24.1. The Bertz CT molecular complexity index is 570. The Morgan fingerprint density at radius 3 is 2.59 bits per heavy atom. The van der Waals surface area contributed by atoms with Crippen molar-refractivity contribution >= 4 is 17.7 Å². The molecule has 0 radical (unpaired) electrons. The summed E-state index contributed by atoms with van der Waals surface area (Å²) in [5.41, 5.74) is -0.165. The molecule has 22 heavy (non-hydrogen) atoms. The molecule has 7 heteroatoms. The third kappa shape index (κ3) is 3.74. The Kier molecular flexibility index (Phi) is 4.90. The Hall–Kier alpha value is -1.24. The van der Waals surface area contributed by atoms with Gasteiger partial charge in [-0.1, -0.05) is 37.4 Å². The first-order chi connectivity index (χ1) is 10.6. The quantitative estimate of drug-likeness (QED) is 0.643. The highest BCUT2D eigenvalue weighted by Gasteiger charge is 2.30. The number of hydrogen-bond acceptors (Lipinski definition) is 4. The number of nitrogens with zero attached hydrogens (tertiary/aromatic N) is 2. The van der Waals surface area contributed by atoms with E-state index in [4.69, 9.17) is 0 Å². The molecule has 2 fully saturated rings. The van der Waals surface area contributed by atoms with Crippen LogP contribution in [0.25, 0.3) is 0 Å². The van der Waals surface area contributed by atoms with Gasteiger partial charge in [0, 0.05) is 12.1 Å². The Morgan fingerprint density at radius 2 is 1.95 bits per heavy atom. The van der Waals surface area contributed by atoms with E-state index in [1.807, 2.05) is 6.92 Å². The summed E-state index contributed by atoms with van der Waals surface area (Å²) in [5, 5.41) is 10.1. The average molecular weight is 324 g/mol. The molecule has 3 rings (SSSR count). The van der Waals surface area contributed by atoms with E-state index >= 15 is 0 Å². The lowest BCUT2D eigenvalue weighted by atomic mass is 10.1. The van der Waals surface area contributed by atoms with Gasteiger partial charge in [-0.3, -0.25) is 9.36 Å². The number of aromatic nitrogens is 3. The predicted octanol–water partition coefficient (Wildman–Crippen LogP) is 2.23. The van der Waals surface area contributed by atoms with Crippen molar-refractivity contribution < 1.29 is 4.79 Å². The predicted molar refractivity (Wildman–Crippen MR) is 86.1 cm³/mol. The maximum absolute atomic E-state index is 12.4. The van der Waals surface area contributed by atoms with Crippen molar-refractivity contribution in [2.45, 2.75) is 80.8 Å². The first kappa shape index (κ1) is 15.6. The van der Waals surface area contributed by atoms with E-state index in [1.54, 1.807) is 4.57 Å². The molecule has 0 aliphatic heterocycles. The molecule has 1 amide bonds. The molecule has 0 saturated heterocycles. The van der Waals surface area contributed by atoms with E-state index in [2.05, 4.69) is 15.5 Å². The number of hydrogen-bond donors (Lipinski definition) is 2. The maximum Gasteiger partial charge on any atom is 0.344 e. The fraction of sp³-hybridized carbons (Fsp3) is 0.800. The number of H-pyrrole nitrogens is 1. The van der Waals surface area contributed by atoms with Gasteiger partial charge in [0.05, 0.1) is 5.25 Å². The third-order valence-corrected chi connectivity index (χ3v) is 5.50. The second-order valence-corrected chi connectivity index (χ2v) is 7.68. The van der Waals surface area contributed by atoms with E-state index in [9.17, 15) is 9.59 Å². The SMILES string of the molecule is C[C@@H](Sc1n[nH]c(=O)n1C1CC1)C(=O)NC1CCCCCC1. The van der Waals surface area contributed by atoms with Gasteiger partial charge in [0.15, 0.2) is 5.16 Å². The summed E-state index contributed by atoms with van der Waals surface area (Å²) < 4.78 is 1.69. The molecule has 122 valence electrons. The van der Waals surface area contributed by atoms with Gasteiger partial charge in [0.25, 0.3) is 0 Å². The Morgan fingerprint density at radius 1 is 1.27 bits per heavy atom. The molecule has 0 spiro atoms. The van der Waals surface area contributed by atoms with Crippen LogP contribution < -0.4 is 11.0 Å². The summed E-state index contributed by atoms with van der Waals surface area (Å²) >= 11 is 1.37. The fourth-order valence-corrected chi connectivity index (χ4v) is 3.92. The molecule has 1 aromatic heterocycles. The van der Waals surface area contributed by atoms with Crippen LogP contribution in [-0.4, -0.2) is 32.0 Å². The number of aromatic amines is 1. The lowest BCUT2D eigenvalue weighted by molar-refractivity contribution is -0.121. The van der Waals surface area contributed by atoms with Crippen LogP contribution >= 0.6 is 11.8 Å². The number of carbonyl (C=O) groups excluding carboxylic acids is 1. The van der Waals surface area contributed by atoms with Gasteiger partial charge in [0.2, 0.25) is 5.91 Å². The van der Waals surface area contributed by atoms with E-state index in [0.717, 1.165) is 25.7 Å². The minimum Gasteiger partial charge on any atom is -0.352 e. The van der Waals surface area contributed by atoms with Gasteiger partial charge in [-0.15, -0.1) is 5.10 Å². The van der Waals surface area contributed by atoms with E-state index in [1.165, 1.54) is 37.4 Å². The summed E-state index contributed by atoms with van der Waals surface area (Å²) in [7, 11) is 0. The van der Waals surface area contributed by atoms with Crippen molar-refractivity contribution in [2.75, 3.05) is 0 Å². The largest absolute Gasteiger partial charge is 0.352 e. The van der Waals surface area contributed by atoms with Gasteiger partial charge in [0.1, 0.15) is 0 Å². The highest BCUT2D eigenvalue weighted by Crippen LogP contribution is 2.36. The van der Waals surface area contributed by atoms with Gasteiger partial charge in [-0.25, -0.2) is 9.89 Å². The number of carbonyl (C=O) groups is 1. The van der Waals surface area contributed by atoms with E-state index < -0.39 is 0 Å². The highest BCUT2D eigenvalue weighted by atomic mass is 32.2. The zero-order valence-electron chi connectivity index (χ0n) is 13.0. The number of thioether (sulfide) groups is 1. The zero-order valence-corrected chi connectivity index (χ0v) is 13.8. The molecular weight excluding hydrogens is 300 g/mol. The van der Waals surface area contributed by atoms with Crippen molar-refractivity contribution in [2.24, 2.45) is 0 Å². The topological polar surface area (TPSA) is 79.8 Å². The molecule has 1 aromatic rings. The van der Waals surface area contributed by atoms with Crippen molar-refractivity contribution in [3.8, 4) is 0 Å². The monoisotopic (exact) mass is 324 g/mol. The zero-order chi connectivity index (χ0) is 15.5.